The number of hydrogen-bond donors (Lipinski definition) is 2. The van der Waals surface area contributed by atoms with E-state index in [4.69, 9.17) is 28.2 Å². The quantitative estimate of drug-likeness (QED) is 0.496. The Balaban J connectivity index is 1.43. The average Bonchev–Trinajstić information content (AvgIpc) is 3.52. The highest BCUT2D eigenvalue weighted by atomic mass is 35.5. The van der Waals surface area contributed by atoms with Crippen molar-refractivity contribution in [3.05, 3.63) is 58.1 Å². The summed E-state index contributed by atoms with van der Waals surface area (Å²) in [5, 5.41) is 17.3. The molecule has 0 amide bonds. The molecule has 1 saturated heterocycles. The molecule has 3 aromatic rings. The second kappa shape index (κ2) is 10.4. The van der Waals surface area contributed by atoms with Crippen LogP contribution in [-0.4, -0.2) is 69.0 Å². The summed E-state index contributed by atoms with van der Waals surface area (Å²) in [4.78, 5) is 20.2. The molecule has 0 spiro atoms. The summed E-state index contributed by atoms with van der Waals surface area (Å²) in [6.45, 7) is 4.17. The Labute approximate surface area is 213 Å². The van der Waals surface area contributed by atoms with Crippen molar-refractivity contribution in [1.29, 1.82) is 0 Å². The van der Waals surface area contributed by atoms with Crippen LogP contribution in [0.15, 0.2) is 47.5 Å². The predicted octanol–water partition coefficient (Wildman–Crippen LogP) is 3.76. The number of Topliss-reactive ketones (excluding diaryl/α,β-unsaturated/α-hetero) is 1. The number of carbonyl (C=O) groups excluding carboxylic acids is 1. The number of nitrogens with zero attached hydrogens (tertiary/aromatic N) is 6. The number of nitrogens with one attached hydrogen (secondary N) is 2. The van der Waals surface area contributed by atoms with Crippen LogP contribution >= 0.6 is 23.2 Å². The molecule has 0 saturated carbocycles. The number of halogens is 2. The molecule has 0 radical (unpaired) electrons. The third-order valence-electron chi connectivity index (χ3n) is 6.44. The van der Waals surface area contributed by atoms with Gasteiger partial charge in [0.1, 0.15) is 11.9 Å². The molecule has 0 bridgehead atoms. The van der Waals surface area contributed by atoms with Crippen molar-refractivity contribution in [2.75, 3.05) is 24.5 Å². The number of hydrazine groups is 1. The van der Waals surface area contributed by atoms with Crippen molar-refractivity contribution in [1.82, 2.24) is 31.1 Å². The minimum Gasteiger partial charge on any atom is -0.321 e. The van der Waals surface area contributed by atoms with Gasteiger partial charge in [-0.25, -0.2) is 10.4 Å². The topological polar surface area (TPSA) is 102 Å². The number of ketones is 1. The highest BCUT2D eigenvalue weighted by Gasteiger charge is 2.39. The fourth-order valence-electron chi connectivity index (χ4n) is 4.61. The molecule has 3 heterocycles. The number of tetrazole rings is 1. The molecular formula is C24H26Cl2N8O. The molecule has 11 heteroatoms. The van der Waals surface area contributed by atoms with Crippen LogP contribution in [-0.2, 0) is 4.79 Å². The normalized spacial score (nSPS) is 20.8. The van der Waals surface area contributed by atoms with Gasteiger partial charge in [-0.1, -0.05) is 29.6 Å². The van der Waals surface area contributed by atoms with Crippen LogP contribution in [0.3, 0.4) is 0 Å². The first kappa shape index (κ1) is 23.9. The number of H-pyrrole nitrogens is 1. The van der Waals surface area contributed by atoms with E-state index in [2.05, 4.69) is 36.0 Å². The monoisotopic (exact) mass is 512 g/mol. The van der Waals surface area contributed by atoms with Crippen molar-refractivity contribution in [2.24, 2.45) is 4.99 Å². The van der Waals surface area contributed by atoms with Crippen molar-refractivity contribution in [3.8, 4) is 11.4 Å². The molecule has 1 aromatic heterocycles. The van der Waals surface area contributed by atoms with Gasteiger partial charge in [0.25, 0.3) is 0 Å². The summed E-state index contributed by atoms with van der Waals surface area (Å²) < 4.78 is 0. The van der Waals surface area contributed by atoms with Crippen LogP contribution in [0.4, 0.5) is 5.69 Å². The first-order chi connectivity index (χ1) is 17.0. The van der Waals surface area contributed by atoms with Crippen LogP contribution in [0.5, 0.6) is 0 Å². The third-order valence-corrected chi connectivity index (χ3v) is 6.99. The molecule has 2 atom stereocenters. The first-order valence-corrected chi connectivity index (χ1v) is 12.4. The molecule has 2 aromatic carbocycles. The molecule has 2 N–H and O–H groups in total. The lowest BCUT2D eigenvalue weighted by molar-refractivity contribution is -0.120. The lowest BCUT2D eigenvalue weighted by atomic mass is 10.0. The zero-order chi connectivity index (χ0) is 24.4. The van der Waals surface area contributed by atoms with Crippen LogP contribution < -0.4 is 10.3 Å². The lowest BCUT2D eigenvalue weighted by Gasteiger charge is -2.29. The number of piperidine rings is 1. The molecule has 35 heavy (non-hydrogen) atoms. The summed E-state index contributed by atoms with van der Waals surface area (Å²) in [5.41, 5.74) is 5.74. The van der Waals surface area contributed by atoms with Crippen molar-refractivity contribution in [3.63, 3.8) is 0 Å². The molecular weight excluding hydrogens is 487 g/mol. The highest BCUT2D eigenvalue weighted by molar-refractivity contribution is 6.37. The summed E-state index contributed by atoms with van der Waals surface area (Å²) in [6.07, 6.45) is 3.53. The summed E-state index contributed by atoms with van der Waals surface area (Å²) in [5.74, 6) is 1.19. The van der Waals surface area contributed by atoms with Gasteiger partial charge in [0.05, 0.1) is 17.6 Å². The van der Waals surface area contributed by atoms with E-state index in [0.717, 1.165) is 42.7 Å². The first-order valence-electron chi connectivity index (χ1n) is 11.7. The lowest BCUT2D eigenvalue weighted by Crippen LogP contribution is -2.48. The second-order valence-corrected chi connectivity index (χ2v) is 9.61. The maximum absolute atomic E-state index is 13.3. The Morgan fingerprint density at radius 2 is 1.89 bits per heavy atom. The number of rotatable bonds is 7. The number of aromatic amines is 1. The van der Waals surface area contributed by atoms with E-state index in [1.165, 1.54) is 6.42 Å². The maximum atomic E-state index is 13.3. The largest absolute Gasteiger partial charge is 0.321 e. The predicted molar refractivity (Wildman–Crippen MR) is 137 cm³/mol. The molecule has 5 rings (SSSR count). The molecule has 0 aliphatic carbocycles. The van der Waals surface area contributed by atoms with E-state index in [0.29, 0.717) is 21.7 Å². The van der Waals surface area contributed by atoms with Gasteiger partial charge < -0.3 is 4.90 Å². The molecule has 2 aliphatic heterocycles. The highest BCUT2D eigenvalue weighted by Crippen LogP contribution is 2.33. The zero-order valence-corrected chi connectivity index (χ0v) is 20.8. The van der Waals surface area contributed by atoms with E-state index in [-0.39, 0.29) is 18.4 Å². The Bertz CT molecular complexity index is 1210. The van der Waals surface area contributed by atoms with Gasteiger partial charge in [0.2, 0.25) is 5.82 Å². The van der Waals surface area contributed by atoms with Crippen LogP contribution in [0.1, 0.15) is 31.7 Å². The number of carbonyl (C=O) groups is 1. The minimum absolute atomic E-state index is 0.0385. The number of amidine groups is 1. The van der Waals surface area contributed by atoms with E-state index >= 15 is 0 Å². The fourth-order valence-corrected chi connectivity index (χ4v) is 5.10. The molecule has 2 unspecified atom stereocenters. The second-order valence-electron chi connectivity index (χ2n) is 8.76. The zero-order valence-electron chi connectivity index (χ0n) is 19.3. The average molecular weight is 513 g/mol. The van der Waals surface area contributed by atoms with Crippen LogP contribution in [0, 0.1) is 0 Å². The van der Waals surface area contributed by atoms with E-state index in [1.807, 2.05) is 37.3 Å². The van der Waals surface area contributed by atoms with Crippen LogP contribution in [0.25, 0.3) is 11.4 Å². The maximum Gasteiger partial charge on any atom is 0.204 e. The Hall–Kier alpha value is -2.85. The van der Waals surface area contributed by atoms with Gasteiger partial charge in [0, 0.05) is 34.9 Å². The third kappa shape index (κ3) is 5.08. The standard InChI is InChI=1S/C24H26Cl2N8O/c1-15-22(21(35)14-27-33-11-3-2-4-12-33)28-24(19-10-7-17(25)13-20(19)26)34(15)18-8-5-16(6-9-18)23-29-31-32-30-23/h5-10,13,15,22,27H,2-4,11-12,14H2,1H3,(H,29,30,31,32). The van der Waals surface area contributed by atoms with Gasteiger partial charge in [-0.05, 0) is 67.4 Å². The summed E-state index contributed by atoms with van der Waals surface area (Å²) in [7, 11) is 0. The Morgan fingerprint density at radius 1 is 1.11 bits per heavy atom. The van der Waals surface area contributed by atoms with Crippen molar-refractivity contribution < 1.29 is 4.79 Å². The van der Waals surface area contributed by atoms with Gasteiger partial charge in [-0.15, -0.1) is 10.2 Å². The number of hydrogen-bond acceptors (Lipinski definition) is 8. The van der Waals surface area contributed by atoms with Gasteiger partial charge in [-0.2, -0.15) is 5.21 Å². The van der Waals surface area contributed by atoms with Crippen molar-refractivity contribution in [2.45, 2.75) is 38.3 Å². The van der Waals surface area contributed by atoms with Gasteiger partial charge >= 0.3 is 0 Å². The van der Waals surface area contributed by atoms with E-state index in [1.54, 1.807) is 12.1 Å². The number of aliphatic imine (C=N–C) groups is 1. The van der Waals surface area contributed by atoms with Crippen LogP contribution in [0.2, 0.25) is 10.0 Å². The minimum atomic E-state index is -0.536. The Morgan fingerprint density at radius 3 is 2.57 bits per heavy atom. The van der Waals surface area contributed by atoms with E-state index < -0.39 is 6.04 Å². The number of anilines is 1. The molecule has 182 valence electrons. The SMILES string of the molecule is CC1C(C(=O)CNN2CCCCC2)N=C(c2ccc(Cl)cc2Cl)N1c1ccc(-c2nn[nH]n2)cc1. The number of benzene rings is 2. The molecule has 1 fully saturated rings. The summed E-state index contributed by atoms with van der Waals surface area (Å²) >= 11 is 12.7. The number of aromatic nitrogens is 4. The Kier molecular flexibility index (Phi) is 7.10. The molecule has 2 aliphatic rings. The van der Waals surface area contributed by atoms with Gasteiger partial charge in [-0.3, -0.25) is 9.79 Å². The van der Waals surface area contributed by atoms with Gasteiger partial charge in [0.15, 0.2) is 5.78 Å². The van der Waals surface area contributed by atoms with Crippen molar-refractivity contribution >= 4 is 40.5 Å². The smallest absolute Gasteiger partial charge is 0.204 e. The molecule has 9 nitrogen and oxygen atoms in total. The van der Waals surface area contributed by atoms with E-state index in [9.17, 15) is 4.79 Å². The fraction of sp³-hybridized carbons (Fsp3) is 0.375. The summed E-state index contributed by atoms with van der Waals surface area (Å²) in [6, 6.07) is 12.3.